The zero-order chi connectivity index (χ0) is 17.2. The van der Waals surface area contributed by atoms with Crippen molar-refractivity contribution in [3.8, 4) is 34.7 Å². The van der Waals surface area contributed by atoms with E-state index in [0.29, 0.717) is 28.2 Å². The summed E-state index contributed by atoms with van der Waals surface area (Å²) in [5.74, 6) is 0. The van der Waals surface area contributed by atoms with Gasteiger partial charge in [0.2, 0.25) is 0 Å². The molecule has 0 amide bonds. The van der Waals surface area contributed by atoms with E-state index in [2.05, 4.69) is 22.2 Å². The minimum Gasteiger partial charge on any atom is -0.226 e. The van der Waals surface area contributed by atoms with Gasteiger partial charge in [0.05, 0.1) is 17.6 Å². The maximum absolute atomic E-state index is 9.85. The first-order chi connectivity index (χ1) is 12.3. The Hall–Kier alpha value is -3.96. The number of aromatic nitrogens is 3. The fourth-order valence-electron chi connectivity index (χ4n) is 2.85. The fraction of sp³-hybridized carbons (Fsp3) is 0. The molecule has 2 heterocycles. The van der Waals surface area contributed by atoms with E-state index in [1.165, 1.54) is 6.20 Å². The first kappa shape index (κ1) is 14.6. The number of nitrogens with zero attached hydrogens (tertiary/aromatic N) is 5. The van der Waals surface area contributed by atoms with Gasteiger partial charge in [-0.3, -0.25) is 0 Å². The highest BCUT2D eigenvalue weighted by Gasteiger charge is 2.20. The summed E-state index contributed by atoms with van der Waals surface area (Å²) in [5.41, 5.74) is 4.09. The highest BCUT2D eigenvalue weighted by molar-refractivity contribution is 5.81. The van der Waals surface area contributed by atoms with Crippen LogP contribution in [0.25, 0.3) is 28.2 Å². The molecule has 0 saturated carbocycles. The molecule has 25 heavy (non-hydrogen) atoms. The lowest BCUT2D eigenvalue weighted by Gasteiger charge is -2.12. The van der Waals surface area contributed by atoms with Gasteiger partial charge in [0.15, 0.2) is 5.65 Å². The van der Waals surface area contributed by atoms with E-state index < -0.39 is 0 Å². The van der Waals surface area contributed by atoms with Crippen molar-refractivity contribution in [2.24, 2.45) is 0 Å². The van der Waals surface area contributed by atoms with Crippen molar-refractivity contribution in [2.45, 2.75) is 0 Å². The zero-order valence-electron chi connectivity index (χ0n) is 13.1. The third-order valence-corrected chi connectivity index (χ3v) is 3.97. The van der Waals surface area contributed by atoms with Gasteiger partial charge in [0.25, 0.3) is 0 Å². The molecule has 0 aliphatic carbocycles. The summed E-state index contributed by atoms with van der Waals surface area (Å²) in [6, 6.07) is 23.4. The molecule has 0 aliphatic rings. The molecular weight excluding hydrogens is 310 g/mol. The van der Waals surface area contributed by atoms with Crippen molar-refractivity contribution in [1.29, 1.82) is 10.5 Å². The Morgan fingerprint density at radius 3 is 2.04 bits per heavy atom. The van der Waals surface area contributed by atoms with E-state index in [4.69, 9.17) is 0 Å². The van der Waals surface area contributed by atoms with Crippen LogP contribution in [0.5, 0.6) is 0 Å². The largest absolute Gasteiger partial charge is 0.226 e. The Balaban J connectivity index is 2.18. The maximum Gasteiger partial charge on any atom is 0.174 e. The molecule has 0 spiro atoms. The summed E-state index contributed by atoms with van der Waals surface area (Å²) >= 11 is 0. The molecule has 5 nitrogen and oxygen atoms in total. The predicted octanol–water partition coefficient (Wildman–Crippen LogP) is 3.81. The Bertz CT molecular complexity index is 1150. The number of fused-ring (bicyclic) bond motifs is 1. The summed E-state index contributed by atoms with van der Waals surface area (Å²) in [6.45, 7) is 0. The highest BCUT2D eigenvalue weighted by Crippen LogP contribution is 2.31. The average molecular weight is 321 g/mol. The van der Waals surface area contributed by atoms with Crippen LogP contribution in [0.4, 0.5) is 0 Å². The standard InChI is InChI=1S/C20H11N5/c21-11-16-13-23-25-19(15-9-5-2-6-10-15)17(12-22)18(24-20(16)25)14-7-3-1-4-8-14/h1-10,13H. The third kappa shape index (κ3) is 2.32. The van der Waals surface area contributed by atoms with Crippen molar-refractivity contribution in [1.82, 2.24) is 14.6 Å². The number of hydrogen-bond acceptors (Lipinski definition) is 4. The van der Waals surface area contributed by atoms with Crippen LogP contribution in [-0.2, 0) is 0 Å². The van der Waals surface area contributed by atoms with E-state index in [1.807, 2.05) is 60.7 Å². The van der Waals surface area contributed by atoms with E-state index in [0.717, 1.165) is 11.1 Å². The average Bonchev–Trinajstić information content (AvgIpc) is 3.10. The molecule has 0 bridgehead atoms. The van der Waals surface area contributed by atoms with Crippen molar-refractivity contribution < 1.29 is 0 Å². The van der Waals surface area contributed by atoms with Crippen LogP contribution < -0.4 is 0 Å². The molecule has 4 rings (SSSR count). The summed E-state index contributed by atoms with van der Waals surface area (Å²) < 4.78 is 1.57. The van der Waals surface area contributed by atoms with Crippen molar-refractivity contribution in [3.05, 3.63) is 78.0 Å². The summed E-state index contributed by atoms with van der Waals surface area (Å²) in [5, 5.41) is 23.5. The Kier molecular flexibility index (Phi) is 3.46. The molecule has 0 saturated heterocycles. The summed E-state index contributed by atoms with van der Waals surface area (Å²) in [6.07, 6.45) is 1.48. The SMILES string of the molecule is N#Cc1c(-c2ccccc2)nc2c(C#N)cnn2c1-c1ccccc1. The van der Waals surface area contributed by atoms with Gasteiger partial charge in [-0.05, 0) is 0 Å². The second-order valence-corrected chi connectivity index (χ2v) is 5.43. The molecule has 0 unspecified atom stereocenters. The second kappa shape index (κ2) is 5.92. The number of rotatable bonds is 2. The van der Waals surface area contributed by atoms with Crippen LogP contribution in [0.1, 0.15) is 11.1 Å². The smallest absolute Gasteiger partial charge is 0.174 e. The Morgan fingerprint density at radius 1 is 0.800 bits per heavy atom. The van der Waals surface area contributed by atoms with Gasteiger partial charge >= 0.3 is 0 Å². The normalized spacial score (nSPS) is 10.3. The predicted molar refractivity (Wildman–Crippen MR) is 93.3 cm³/mol. The van der Waals surface area contributed by atoms with E-state index >= 15 is 0 Å². The van der Waals surface area contributed by atoms with Crippen molar-refractivity contribution in [3.63, 3.8) is 0 Å². The van der Waals surface area contributed by atoms with E-state index in [9.17, 15) is 10.5 Å². The molecule has 5 heteroatoms. The lowest BCUT2D eigenvalue weighted by Crippen LogP contribution is -2.03. The lowest BCUT2D eigenvalue weighted by atomic mass is 10.0. The van der Waals surface area contributed by atoms with Crippen molar-refractivity contribution in [2.75, 3.05) is 0 Å². The van der Waals surface area contributed by atoms with Gasteiger partial charge in [0, 0.05) is 11.1 Å². The minimum atomic E-state index is 0.374. The van der Waals surface area contributed by atoms with Crippen LogP contribution in [0.15, 0.2) is 66.9 Å². The Morgan fingerprint density at radius 2 is 1.44 bits per heavy atom. The lowest BCUT2D eigenvalue weighted by molar-refractivity contribution is 0.945. The molecule has 0 aliphatic heterocycles. The van der Waals surface area contributed by atoms with Crippen LogP contribution in [0.2, 0.25) is 0 Å². The van der Waals surface area contributed by atoms with Gasteiger partial charge in [-0.25, -0.2) is 9.50 Å². The van der Waals surface area contributed by atoms with E-state index in [-0.39, 0.29) is 0 Å². The maximum atomic E-state index is 9.85. The molecule has 2 aromatic heterocycles. The van der Waals surface area contributed by atoms with Crippen LogP contribution in [-0.4, -0.2) is 14.6 Å². The molecule has 116 valence electrons. The Labute approximate surface area is 144 Å². The second-order valence-electron chi connectivity index (χ2n) is 5.43. The first-order valence-electron chi connectivity index (χ1n) is 7.66. The monoisotopic (exact) mass is 321 g/mol. The fourth-order valence-corrected chi connectivity index (χ4v) is 2.85. The zero-order valence-corrected chi connectivity index (χ0v) is 13.1. The number of hydrogen-bond donors (Lipinski definition) is 0. The number of nitriles is 2. The molecule has 0 N–H and O–H groups in total. The molecule has 0 atom stereocenters. The van der Waals surface area contributed by atoms with Gasteiger partial charge in [-0.1, -0.05) is 60.7 Å². The molecule has 4 aromatic rings. The first-order valence-corrected chi connectivity index (χ1v) is 7.66. The topological polar surface area (TPSA) is 77.8 Å². The van der Waals surface area contributed by atoms with Crippen LogP contribution in [0.3, 0.4) is 0 Å². The third-order valence-electron chi connectivity index (χ3n) is 3.97. The number of benzene rings is 2. The van der Waals surface area contributed by atoms with Gasteiger partial charge in [0.1, 0.15) is 23.3 Å². The van der Waals surface area contributed by atoms with Gasteiger partial charge in [-0.2, -0.15) is 15.6 Å². The van der Waals surface area contributed by atoms with Crippen LogP contribution in [0, 0.1) is 22.7 Å². The molecule has 2 aromatic carbocycles. The highest BCUT2D eigenvalue weighted by atomic mass is 15.3. The van der Waals surface area contributed by atoms with Gasteiger partial charge < -0.3 is 0 Å². The van der Waals surface area contributed by atoms with Crippen molar-refractivity contribution >= 4 is 5.65 Å². The molecule has 0 fully saturated rings. The summed E-state index contributed by atoms with van der Waals surface area (Å²) in [7, 11) is 0. The van der Waals surface area contributed by atoms with E-state index in [1.54, 1.807) is 4.52 Å². The molecule has 0 radical (unpaired) electrons. The quantitative estimate of drug-likeness (QED) is 0.562. The van der Waals surface area contributed by atoms with Gasteiger partial charge in [-0.15, -0.1) is 0 Å². The summed E-state index contributed by atoms with van der Waals surface area (Å²) in [4.78, 5) is 4.59. The van der Waals surface area contributed by atoms with Crippen LogP contribution >= 0.6 is 0 Å². The minimum absolute atomic E-state index is 0.374. The molecular formula is C20H11N5.